The molecule has 0 bridgehead atoms. The largest absolute Gasteiger partial charge is 0.477 e. The van der Waals surface area contributed by atoms with E-state index >= 15 is 0 Å². The first kappa shape index (κ1) is 12.9. The summed E-state index contributed by atoms with van der Waals surface area (Å²) in [5, 5.41) is 0. The highest BCUT2D eigenvalue weighted by molar-refractivity contribution is 7.80. The van der Waals surface area contributed by atoms with E-state index in [-0.39, 0.29) is 5.41 Å². The van der Waals surface area contributed by atoms with Crippen molar-refractivity contribution in [2.45, 2.75) is 27.2 Å². The molecule has 1 rings (SSSR count). The van der Waals surface area contributed by atoms with Gasteiger partial charge in [0.25, 0.3) is 0 Å². The van der Waals surface area contributed by atoms with Gasteiger partial charge in [0, 0.05) is 6.20 Å². The van der Waals surface area contributed by atoms with E-state index in [2.05, 4.69) is 25.8 Å². The Kier molecular flexibility index (Phi) is 4.24. The Balaban J connectivity index is 2.64. The number of aromatic nitrogens is 1. The number of ether oxygens (including phenoxy) is 1. The maximum Gasteiger partial charge on any atom is 0.223 e. The van der Waals surface area contributed by atoms with E-state index in [9.17, 15) is 0 Å². The van der Waals surface area contributed by atoms with Gasteiger partial charge in [0.05, 0.1) is 12.2 Å². The van der Waals surface area contributed by atoms with E-state index in [0.717, 1.165) is 6.42 Å². The van der Waals surface area contributed by atoms with Crippen molar-refractivity contribution in [3.63, 3.8) is 0 Å². The van der Waals surface area contributed by atoms with Gasteiger partial charge in [0.2, 0.25) is 5.88 Å². The predicted octanol–water partition coefficient (Wildman–Crippen LogP) is 2.53. The molecule has 4 heteroatoms. The van der Waals surface area contributed by atoms with Gasteiger partial charge in [-0.2, -0.15) is 0 Å². The Morgan fingerprint density at radius 3 is 2.75 bits per heavy atom. The zero-order valence-electron chi connectivity index (χ0n) is 9.99. The van der Waals surface area contributed by atoms with Gasteiger partial charge in [0.15, 0.2) is 0 Å². The lowest BCUT2D eigenvalue weighted by Crippen LogP contribution is -2.15. The van der Waals surface area contributed by atoms with Gasteiger partial charge >= 0.3 is 0 Å². The minimum absolute atomic E-state index is 0.248. The molecule has 3 nitrogen and oxygen atoms in total. The average molecular weight is 238 g/mol. The van der Waals surface area contributed by atoms with Gasteiger partial charge in [-0.05, 0) is 24.0 Å². The number of pyridine rings is 1. The van der Waals surface area contributed by atoms with E-state index in [1.165, 1.54) is 0 Å². The monoisotopic (exact) mass is 238 g/mol. The Labute approximate surface area is 102 Å². The highest BCUT2D eigenvalue weighted by atomic mass is 32.1. The summed E-state index contributed by atoms with van der Waals surface area (Å²) in [5.74, 6) is 0.527. The second kappa shape index (κ2) is 5.25. The number of hydrogen-bond acceptors (Lipinski definition) is 3. The predicted molar refractivity (Wildman–Crippen MR) is 69.7 cm³/mol. The standard InChI is InChI=1S/C12H18N2OS/c1-12(2,3)6-8-15-11-9(10(13)16)5-4-7-14-11/h4-5,7H,6,8H2,1-3H3,(H2,13,16). The number of nitrogens with two attached hydrogens (primary N) is 1. The molecule has 0 amide bonds. The molecule has 0 saturated heterocycles. The minimum Gasteiger partial charge on any atom is -0.477 e. The second-order valence-electron chi connectivity index (χ2n) is 4.88. The van der Waals surface area contributed by atoms with Crippen molar-refractivity contribution in [2.24, 2.45) is 11.1 Å². The Hall–Kier alpha value is -1.16. The lowest BCUT2D eigenvalue weighted by atomic mass is 9.93. The SMILES string of the molecule is CC(C)(C)CCOc1ncccc1C(N)=S. The molecule has 16 heavy (non-hydrogen) atoms. The number of nitrogens with zero attached hydrogens (tertiary/aromatic N) is 1. The highest BCUT2D eigenvalue weighted by Crippen LogP contribution is 2.20. The van der Waals surface area contributed by atoms with Gasteiger partial charge in [-0.15, -0.1) is 0 Å². The van der Waals surface area contributed by atoms with Crippen LogP contribution >= 0.6 is 12.2 Å². The molecular formula is C12H18N2OS. The van der Waals surface area contributed by atoms with Gasteiger partial charge in [-0.1, -0.05) is 33.0 Å². The van der Waals surface area contributed by atoms with Crippen LogP contribution in [0.1, 0.15) is 32.8 Å². The van der Waals surface area contributed by atoms with Crippen molar-refractivity contribution in [3.05, 3.63) is 23.9 Å². The van der Waals surface area contributed by atoms with Crippen molar-refractivity contribution < 1.29 is 4.74 Å². The molecule has 0 spiro atoms. The smallest absolute Gasteiger partial charge is 0.223 e. The zero-order valence-corrected chi connectivity index (χ0v) is 10.8. The zero-order chi connectivity index (χ0) is 12.2. The fraction of sp³-hybridized carbons (Fsp3) is 0.500. The van der Waals surface area contributed by atoms with Crippen LogP contribution in [-0.2, 0) is 0 Å². The summed E-state index contributed by atoms with van der Waals surface area (Å²) in [6, 6.07) is 3.62. The van der Waals surface area contributed by atoms with Crippen LogP contribution in [-0.4, -0.2) is 16.6 Å². The van der Waals surface area contributed by atoms with Gasteiger partial charge in [-0.3, -0.25) is 0 Å². The Morgan fingerprint density at radius 2 is 2.19 bits per heavy atom. The maximum atomic E-state index is 5.60. The Morgan fingerprint density at radius 1 is 1.50 bits per heavy atom. The molecule has 0 aliphatic heterocycles. The number of hydrogen-bond donors (Lipinski definition) is 1. The quantitative estimate of drug-likeness (QED) is 0.819. The lowest BCUT2D eigenvalue weighted by Gasteiger charge is -2.18. The third-order valence-electron chi connectivity index (χ3n) is 2.13. The molecule has 2 N–H and O–H groups in total. The molecule has 0 aromatic carbocycles. The van der Waals surface area contributed by atoms with E-state index in [1.807, 2.05) is 6.07 Å². The number of thiocarbonyl (C=S) groups is 1. The van der Waals surface area contributed by atoms with Crippen LogP contribution in [0.15, 0.2) is 18.3 Å². The molecule has 0 aliphatic carbocycles. The van der Waals surface area contributed by atoms with Crippen molar-refractivity contribution in [1.29, 1.82) is 0 Å². The molecule has 1 aromatic rings. The molecule has 0 unspecified atom stereocenters. The summed E-state index contributed by atoms with van der Waals surface area (Å²) in [6.45, 7) is 7.13. The molecule has 0 saturated carbocycles. The van der Waals surface area contributed by atoms with E-state index in [1.54, 1.807) is 12.3 Å². The molecule has 0 atom stereocenters. The van der Waals surface area contributed by atoms with E-state index < -0.39 is 0 Å². The van der Waals surface area contributed by atoms with Gasteiger partial charge < -0.3 is 10.5 Å². The molecular weight excluding hydrogens is 220 g/mol. The normalized spacial score (nSPS) is 11.2. The first-order valence-electron chi connectivity index (χ1n) is 5.28. The first-order valence-corrected chi connectivity index (χ1v) is 5.68. The highest BCUT2D eigenvalue weighted by Gasteiger charge is 2.12. The molecule has 88 valence electrons. The topological polar surface area (TPSA) is 48.1 Å². The third-order valence-corrected chi connectivity index (χ3v) is 2.35. The van der Waals surface area contributed by atoms with Crippen LogP contribution in [0, 0.1) is 5.41 Å². The van der Waals surface area contributed by atoms with Crippen LogP contribution < -0.4 is 10.5 Å². The molecule has 0 fully saturated rings. The summed E-state index contributed by atoms with van der Waals surface area (Å²) in [7, 11) is 0. The lowest BCUT2D eigenvalue weighted by molar-refractivity contribution is 0.236. The average Bonchev–Trinajstić information content (AvgIpc) is 2.16. The van der Waals surface area contributed by atoms with Crippen molar-refractivity contribution in [2.75, 3.05) is 6.61 Å². The van der Waals surface area contributed by atoms with Crippen molar-refractivity contribution >= 4 is 17.2 Å². The molecule has 0 aliphatic rings. The Bertz CT molecular complexity index is 372. The van der Waals surface area contributed by atoms with Crippen LogP contribution in [0.2, 0.25) is 0 Å². The summed E-state index contributed by atoms with van der Waals surface area (Å²) in [4.78, 5) is 4.45. The fourth-order valence-electron chi connectivity index (χ4n) is 1.15. The van der Waals surface area contributed by atoms with Crippen LogP contribution in [0.4, 0.5) is 0 Å². The van der Waals surface area contributed by atoms with Crippen molar-refractivity contribution in [3.8, 4) is 5.88 Å². The second-order valence-corrected chi connectivity index (χ2v) is 5.32. The first-order chi connectivity index (χ1) is 7.40. The van der Waals surface area contributed by atoms with E-state index in [4.69, 9.17) is 22.7 Å². The molecule has 1 heterocycles. The summed E-state index contributed by atoms with van der Waals surface area (Å²) in [5.41, 5.74) is 6.53. The fourth-order valence-corrected chi connectivity index (χ4v) is 1.30. The third kappa shape index (κ3) is 4.14. The minimum atomic E-state index is 0.248. The van der Waals surface area contributed by atoms with Crippen LogP contribution in [0.5, 0.6) is 5.88 Å². The molecule has 0 radical (unpaired) electrons. The summed E-state index contributed by atoms with van der Waals surface area (Å²) < 4.78 is 5.60. The maximum absolute atomic E-state index is 5.60. The molecule has 1 aromatic heterocycles. The van der Waals surface area contributed by atoms with E-state index in [0.29, 0.717) is 23.0 Å². The summed E-state index contributed by atoms with van der Waals surface area (Å²) >= 11 is 4.93. The summed E-state index contributed by atoms with van der Waals surface area (Å²) in [6.07, 6.45) is 2.63. The van der Waals surface area contributed by atoms with Crippen molar-refractivity contribution in [1.82, 2.24) is 4.98 Å². The van der Waals surface area contributed by atoms with Gasteiger partial charge in [-0.25, -0.2) is 4.98 Å². The van der Waals surface area contributed by atoms with Gasteiger partial charge in [0.1, 0.15) is 4.99 Å². The van der Waals surface area contributed by atoms with Crippen LogP contribution in [0.25, 0.3) is 0 Å². The van der Waals surface area contributed by atoms with Crippen LogP contribution in [0.3, 0.4) is 0 Å². The number of rotatable bonds is 4.